The van der Waals surface area contributed by atoms with Gasteiger partial charge in [-0.15, -0.1) is 11.3 Å². The van der Waals surface area contributed by atoms with Gasteiger partial charge in [0.1, 0.15) is 4.90 Å². The fourth-order valence-corrected chi connectivity index (χ4v) is 6.87. The fourth-order valence-electron chi connectivity index (χ4n) is 4.15. The molecule has 0 bridgehead atoms. The summed E-state index contributed by atoms with van der Waals surface area (Å²) < 4.78 is 42.2. The zero-order valence-corrected chi connectivity index (χ0v) is 19.8. The molecule has 3 aromatic carbocycles. The van der Waals surface area contributed by atoms with Gasteiger partial charge in [0.25, 0.3) is 0 Å². The lowest BCUT2D eigenvalue weighted by molar-refractivity contribution is -0.160. The molecular weight excluding hydrogens is 472 g/mol. The number of esters is 1. The van der Waals surface area contributed by atoms with Crippen molar-refractivity contribution in [1.29, 1.82) is 0 Å². The Balaban J connectivity index is 1.62. The minimum absolute atomic E-state index is 0.145. The predicted octanol–water partition coefficient (Wildman–Crippen LogP) is 3.89. The molecule has 2 N–H and O–H groups in total. The van der Waals surface area contributed by atoms with E-state index >= 15 is 0 Å². The summed E-state index contributed by atoms with van der Waals surface area (Å²) in [4.78, 5) is 12.9. The molecule has 5 rings (SSSR count). The zero-order valence-electron chi connectivity index (χ0n) is 18.2. The molecule has 0 spiro atoms. The minimum Gasteiger partial charge on any atom is -0.467 e. The largest absolute Gasteiger partial charge is 0.467 e. The third-order valence-corrected chi connectivity index (χ3v) is 8.34. The van der Waals surface area contributed by atoms with Gasteiger partial charge in [0.2, 0.25) is 15.9 Å². The molecule has 0 saturated carbocycles. The lowest BCUT2D eigenvalue weighted by Gasteiger charge is -2.30. The number of hydrogen-bond donors (Lipinski definition) is 2. The number of thiophene rings is 1. The van der Waals surface area contributed by atoms with Gasteiger partial charge >= 0.3 is 5.97 Å². The molecule has 0 radical (unpaired) electrons. The molecule has 4 aromatic rings. The Morgan fingerprint density at radius 2 is 1.65 bits per heavy atom. The normalized spacial score (nSPS) is 22.6. The number of nitrogens with one attached hydrogen (secondary N) is 2. The van der Waals surface area contributed by atoms with Crippen molar-refractivity contribution in [1.82, 2.24) is 10.0 Å². The molecule has 0 amide bonds. The number of hydrogen-bond acceptors (Lipinski definition) is 7. The molecule has 9 heteroatoms. The molecule has 1 saturated heterocycles. The summed E-state index contributed by atoms with van der Waals surface area (Å²) in [6, 6.07) is 24.7. The van der Waals surface area contributed by atoms with E-state index in [1.165, 1.54) is 18.4 Å². The van der Waals surface area contributed by atoms with Gasteiger partial charge in [-0.2, -0.15) is 4.72 Å². The third kappa shape index (κ3) is 4.02. The monoisotopic (exact) mass is 494 g/mol. The van der Waals surface area contributed by atoms with E-state index < -0.39 is 34.0 Å². The van der Waals surface area contributed by atoms with Crippen LogP contribution in [-0.4, -0.2) is 27.6 Å². The van der Waals surface area contributed by atoms with E-state index in [4.69, 9.17) is 9.47 Å². The van der Waals surface area contributed by atoms with Gasteiger partial charge in [-0.25, -0.2) is 13.2 Å². The summed E-state index contributed by atoms with van der Waals surface area (Å²) in [5.41, 5.74) is 1.27. The van der Waals surface area contributed by atoms with Gasteiger partial charge in [-0.1, -0.05) is 78.9 Å². The second kappa shape index (κ2) is 8.94. The number of methoxy groups -OCH3 is 1. The maximum Gasteiger partial charge on any atom is 0.337 e. The van der Waals surface area contributed by atoms with Crippen molar-refractivity contribution in [3.05, 3.63) is 101 Å². The highest BCUT2D eigenvalue weighted by molar-refractivity contribution is 7.90. The molecule has 1 aromatic heterocycles. The molecule has 34 heavy (non-hydrogen) atoms. The van der Waals surface area contributed by atoms with Crippen LogP contribution in [0.3, 0.4) is 0 Å². The molecular formula is C25H22N2O5S2. The van der Waals surface area contributed by atoms with Crippen LogP contribution in [0.5, 0.6) is 0 Å². The van der Waals surface area contributed by atoms with Crippen molar-refractivity contribution < 1.29 is 22.7 Å². The van der Waals surface area contributed by atoms with Crippen molar-refractivity contribution in [3.8, 4) is 0 Å². The van der Waals surface area contributed by atoms with E-state index in [1.807, 2.05) is 48.5 Å². The van der Waals surface area contributed by atoms with Crippen LogP contribution < -0.4 is 10.0 Å². The number of carbonyl (C=O) groups excluding carboxylic acids is 1. The highest BCUT2D eigenvalue weighted by atomic mass is 32.2. The molecule has 1 aliphatic heterocycles. The quantitative estimate of drug-likeness (QED) is 0.395. The summed E-state index contributed by atoms with van der Waals surface area (Å²) in [5.74, 6) is -2.32. The first-order valence-corrected chi connectivity index (χ1v) is 12.9. The van der Waals surface area contributed by atoms with Crippen LogP contribution in [0.15, 0.2) is 95.2 Å². The van der Waals surface area contributed by atoms with Gasteiger partial charge < -0.3 is 9.47 Å². The molecule has 0 unspecified atom stereocenters. The van der Waals surface area contributed by atoms with Gasteiger partial charge in [0.15, 0.2) is 6.10 Å². The Bertz CT molecular complexity index is 1420. The first-order valence-electron chi connectivity index (χ1n) is 10.6. The first-order chi connectivity index (χ1) is 16.4. The molecule has 174 valence electrons. The second-order valence-corrected chi connectivity index (χ2v) is 10.4. The molecule has 1 aliphatic rings. The molecule has 3 atom stereocenters. The average Bonchev–Trinajstić information content (AvgIpc) is 3.48. The highest BCUT2D eigenvalue weighted by Gasteiger charge is 2.53. The van der Waals surface area contributed by atoms with E-state index in [0.717, 1.165) is 10.3 Å². The second-order valence-electron chi connectivity index (χ2n) is 7.84. The van der Waals surface area contributed by atoms with Crippen LogP contribution in [0.25, 0.3) is 10.1 Å². The van der Waals surface area contributed by atoms with E-state index in [0.29, 0.717) is 10.9 Å². The maximum absolute atomic E-state index is 13.7. The summed E-state index contributed by atoms with van der Waals surface area (Å²) in [6.45, 7) is 0. The summed E-state index contributed by atoms with van der Waals surface area (Å²) in [5, 5.41) is 5.48. The van der Waals surface area contributed by atoms with Crippen molar-refractivity contribution in [3.63, 3.8) is 0 Å². The summed E-state index contributed by atoms with van der Waals surface area (Å²) >= 11 is 1.35. The number of ether oxygens (including phenoxy) is 2. The summed E-state index contributed by atoms with van der Waals surface area (Å²) in [6.07, 6.45) is -1.09. The van der Waals surface area contributed by atoms with E-state index in [1.54, 1.807) is 41.8 Å². The predicted molar refractivity (Wildman–Crippen MR) is 129 cm³/mol. The first kappa shape index (κ1) is 22.7. The topological polar surface area (TPSA) is 93.7 Å². The standard InChI is InChI=1S/C25H22N2O5S2/c1-31-24(28)23-22(17-10-4-2-5-11-17)26-25(32-23,18-12-6-3-7-13-18)27-34(29,30)21-16-33-20-15-9-8-14-19(20)21/h2-16,22-23,26-27H,1H3/t22-,23+,25-/m0/s1. The van der Waals surface area contributed by atoms with Crippen LogP contribution >= 0.6 is 11.3 Å². The van der Waals surface area contributed by atoms with Gasteiger partial charge in [0.05, 0.1) is 13.2 Å². The number of benzene rings is 3. The Hall–Kier alpha value is -3.08. The number of fused-ring (bicyclic) bond motifs is 1. The maximum atomic E-state index is 13.7. The molecule has 1 fully saturated rings. The Morgan fingerprint density at radius 3 is 2.35 bits per heavy atom. The minimum atomic E-state index is -4.07. The number of rotatable bonds is 6. The SMILES string of the molecule is COC(=O)[C@@H]1O[C@@](NS(=O)(=O)c2csc3ccccc23)(c2ccccc2)N[C@H]1c1ccccc1. The summed E-state index contributed by atoms with van der Waals surface area (Å²) in [7, 11) is -2.80. The van der Waals surface area contributed by atoms with Gasteiger partial charge in [-0.05, 0) is 11.6 Å². The molecule has 0 aliphatic carbocycles. The fraction of sp³-hybridized carbons (Fsp3) is 0.160. The van der Waals surface area contributed by atoms with Crippen molar-refractivity contribution in [2.75, 3.05) is 7.11 Å². The van der Waals surface area contributed by atoms with Gasteiger partial charge in [-0.3, -0.25) is 5.32 Å². The molecule has 7 nitrogen and oxygen atoms in total. The van der Waals surface area contributed by atoms with Crippen molar-refractivity contribution >= 4 is 37.4 Å². The van der Waals surface area contributed by atoms with Gasteiger partial charge in [0, 0.05) is 21.0 Å². The Kier molecular flexibility index (Phi) is 5.97. The smallest absolute Gasteiger partial charge is 0.337 e. The zero-order chi connectivity index (χ0) is 23.8. The van der Waals surface area contributed by atoms with Crippen LogP contribution in [0.1, 0.15) is 17.2 Å². The Labute approximate surface area is 201 Å². The Morgan fingerprint density at radius 1 is 1.00 bits per heavy atom. The number of sulfonamides is 1. The highest BCUT2D eigenvalue weighted by Crippen LogP contribution is 2.39. The van der Waals surface area contributed by atoms with Crippen LogP contribution in [-0.2, 0) is 30.1 Å². The van der Waals surface area contributed by atoms with Crippen LogP contribution in [0.4, 0.5) is 0 Å². The average molecular weight is 495 g/mol. The third-order valence-electron chi connectivity index (χ3n) is 5.75. The molecule has 2 heterocycles. The van der Waals surface area contributed by atoms with E-state index in [9.17, 15) is 13.2 Å². The lowest BCUT2D eigenvalue weighted by Crippen LogP contribution is -2.54. The van der Waals surface area contributed by atoms with Crippen molar-refractivity contribution in [2.24, 2.45) is 0 Å². The lowest BCUT2D eigenvalue weighted by atomic mass is 10.0. The number of carbonyl (C=O) groups is 1. The van der Waals surface area contributed by atoms with E-state index in [2.05, 4.69) is 10.0 Å². The van der Waals surface area contributed by atoms with Crippen LogP contribution in [0.2, 0.25) is 0 Å². The van der Waals surface area contributed by atoms with E-state index in [-0.39, 0.29) is 4.90 Å². The van der Waals surface area contributed by atoms with Crippen LogP contribution in [0, 0.1) is 0 Å². The van der Waals surface area contributed by atoms with Crippen molar-refractivity contribution in [2.45, 2.75) is 22.9 Å².